The molecule has 1 N–H and O–H groups in total. The van der Waals surface area contributed by atoms with Crippen molar-refractivity contribution in [1.82, 2.24) is 4.90 Å². The van der Waals surface area contributed by atoms with Gasteiger partial charge in [0.2, 0.25) is 0 Å². The van der Waals surface area contributed by atoms with E-state index < -0.39 is 6.10 Å². The molecule has 1 amide bonds. The van der Waals surface area contributed by atoms with Crippen LogP contribution in [0.15, 0.2) is 18.2 Å². The molecule has 0 aliphatic carbocycles. The Kier molecular flexibility index (Phi) is 5.88. The molecule has 0 saturated carbocycles. The first-order valence-corrected chi connectivity index (χ1v) is 6.08. The zero-order valence-corrected chi connectivity index (χ0v) is 11.7. The highest BCUT2D eigenvalue weighted by atomic mass is 35.5. The number of hydrogen-bond donors (Lipinski definition) is 1. The number of benzene rings is 1. The van der Waals surface area contributed by atoms with E-state index in [2.05, 4.69) is 0 Å². The number of carbonyl (C=O) groups excluding carboxylic acids is 1. The number of amides is 1. The molecule has 6 heteroatoms. The minimum atomic E-state index is -0.724. The monoisotopic (exact) mass is 291 g/mol. The summed E-state index contributed by atoms with van der Waals surface area (Å²) in [4.78, 5) is 13.4. The van der Waals surface area contributed by atoms with Crippen molar-refractivity contribution in [2.45, 2.75) is 6.10 Å². The van der Waals surface area contributed by atoms with E-state index in [-0.39, 0.29) is 19.1 Å². The Morgan fingerprint density at radius 2 is 1.94 bits per heavy atom. The maximum Gasteiger partial charge on any atom is 0.253 e. The van der Waals surface area contributed by atoms with E-state index in [9.17, 15) is 9.90 Å². The van der Waals surface area contributed by atoms with Gasteiger partial charge in [0.05, 0.1) is 12.7 Å². The third-order valence-corrected chi connectivity index (χ3v) is 2.74. The smallest absolute Gasteiger partial charge is 0.253 e. The van der Waals surface area contributed by atoms with Crippen LogP contribution in [0.2, 0.25) is 10.0 Å². The van der Waals surface area contributed by atoms with E-state index in [4.69, 9.17) is 27.9 Å². The predicted octanol–water partition coefficient (Wildman–Crippen LogP) is 2.07. The van der Waals surface area contributed by atoms with Crippen LogP contribution in [0.1, 0.15) is 10.4 Å². The second kappa shape index (κ2) is 6.95. The molecule has 0 bridgehead atoms. The van der Waals surface area contributed by atoms with Crippen LogP contribution in [0.4, 0.5) is 0 Å². The number of aliphatic hydroxyl groups is 1. The highest BCUT2D eigenvalue weighted by molar-refractivity contribution is 6.35. The molecule has 100 valence electrons. The van der Waals surface area contributed by atoms with E-state index in [0.717, 1.165) is 0 Å². The van der Waals surface area contributed by atoms with Crippen LogP contribution in [0, 0.1) is 0 Å². The molecule has 1 atom stereocenters. The number of likely N-dealkylation sites (N-methyl/N-ethyl adjacent to an activating group) is 1. The zero-order valence-electron chi connectivity index (χ0n) is 10.2. The summed E-state index contributed by atoms with van der Waals surface area (Å²) in [5.74, 6) is -0.255. The Labute approximate surface area is 116 Å². The average Bonchev–Trinajstić information content (AvgIpc) is 2.26. The van der Waals surface area contributed by atoms with Crippen LogP contribution in [-0.2, 0) is 4.74 Å². The van der Waals surface area contributed by atoms with Crippen molar-refractivity contribution in [3.05, 3.63) is 33.8 Å². The summed E-state index contributed by atoms with van der Waals surface area (Å²) < 4.78 is 4.80. The van der Waals surface area contributed by atoms with Crippen molar-refractivity contribution in [2.24, 2.45) is 0 Å². The van der Waals surface area contributed by atoms with Gasteiger partial charge in [-0.15, -0.1) is 0 Å². The number of carbonyl (C=O) groups is 1. The lowest BCUT2D eigenvalue weighted by Crippen LogP contribution is -2.36. The molecule has 0 aromatic heterocycles. The lowest BCUT2D eigenvalue weighted by Gasteiger charge is -2.20. The Bertz CT molecular complexity index is 406. The van der Waals surface area contributed by atoms with Crippen molar-refractivity contribution in [2.75, 3.05) is 27.3 Å². The third kappa shape index (κ3) is 4.46. The minimum absolute atomic E-state index is 0.175. The molecule has 0 fully saturated rings. The van der Waals surface area contributed by atoms with Gasteiger partial charge in [0.1, 0.15) is 0 Å². The molecule has 1 aromatic carbocycles. The van der Waals surface area contributed by atoms with Gasteiger partial charge in [0.15, 0.2) is 0 Å². The molecule has 1 aromatic rings. The topological polar surface area (TPSA) is 49.8 Å². The second-order valence-electron chi connectivity index (χ2n) is 3.95. The summed E-state index contributed by atoms with van der Waals surface area (Å²) in [7, 11) is 3.08. The van der Waals surface area contributed by atoms with Crippen LogP contribution in [0.25, 0.3) is 0 Å². The summed E-state index contributed by atoms with van der Waals surface area (Å²) in [5, 5.41) is 10.4. The molecule has 1 unspecified atom stereocenters. The van der Waals surface area contributed by atoms with E-state index in [1.165, 1.54) is 24.1 Å². The maximum absolute atomic E-state index is 12.0. The van der Waals surface area contributed by atoms with Crippen molar-refractivity contribution in [3.63, 3.8) is 0 Å². The van der Waals surface area contributed by atoms with E-state index >= 15 is 0 Å². The molecule has 0 heterocycles. The van der Waals surface area contributed by atoms with Crippen molar-refractivity contribution >= 4 is 29.1 Å². The Morgan fingerprint density at radius 3 is 2.44 bits per heavy atom. The molecule has 4 nitrogen and oxygen atoms in total. The van der Waals surface area contributed by atoms with E-state index in [1.54, 1.807) is 13.1 Å². The van der Waals surface area contributed by atoms with Crippen molar-refractivity contribution < 1.29 is 14.6 Å². The third-order valence-electron chi connectivity index (χ3n) is 2.30. The van der Waals surface area contributed by atoms with Gasteiger partial charge >= 0.3 is 0 Å². The van der Waals surface area contributed by atoms with Crippen LogP contribution in [-0.4, -0.2) is 49.3 Å². The van der Waals surface area contributed by atoms with Gasteiger partial charge < -0.3 is 14.7 Å². The van der Waals surface area contributed by atoms with Gasteiger partial charge in [0, 0.05) is 36.3 Å². The first-order chi connectivity index (χ1) is 8.43. The molecule has 1 rings (SSSR count). The van der Waals surface area contributed by atoms with Crippen LogP contribution >= 0.6 is 23.2 Å². The number of halogens is 2. The fourth-order valence-corrected chi connectivity index (χ4v) is 2.07. The number of rotatable bonds is 5. The molecule has 0 radical (unpaired) electrons. The van der Waals surface area contributed by atoms with Crippen LogP contribution in [0.5, 0.6) is 0 Å². The summed E-state index contributed by atoms with van der Waals surface area (Å²) in [6.07, 6.45) is -0.724. The summed E-state index contributed by atoms with van der Waals surface area (Å²) in [6, 6.07) is 4.63. The number of aliphatic hydroxyl groups excluding tert-OH is 1. The number of hydrogen-bond acceptors (Lipinski definition) is 3. The SMILES string of the molecule is COCC(O)CN(C)C(=O)c1cc(Cl)cc(Cl)c1. The minimum Gasteiger partial charge on any atom is -0.389 e. The fourth-order valence-electron chi connectivity index (χ4n) is 1.54. The van der Waals surface area contributed by atoms with Crippen LogP contribution in [0.3, 0.4) is 0 Å². The van der Waals surface area contributed by atoms with Gasteiger partial charge in [-0.25, -0.2) is 0 Å². The van der Waals surface area contributed by atoms with E-state index in [0.29, 0.717) is 15.6 Å². The first kappa shape index (κ1) is 15.2. The lowest BCUT2D eigenvalue weighted by atomic mass is 10.2. The summed E-state index contributed by atoms with van der Waals surface area (Å²) >= 11 is 11.7. The molecule has 0 saturated heterocycles. The van der Waals surface area contributed by atoms with Crippen molar-refractivity contribution in [3.8, 4) is 0 Å². The van der Waals surface area contributed by atoms with Gasteiger partial charge in [0.25, 0.3) is 5.91 Å². The first-order valence-electron chi connectivity index (χ1n) is 5.32. The highest BCUT2D eigenvalue weighted by Gasteiger charge is 2.16. The van der Waals surface area contributed by atoms with Crippen molar-refractivity contribution in [1.29, 1.82) is 0 Å². The Morgan fingerprint density at radius 1 is 1.39 bits per heavy atom. The maximum atomic E-state index is 12.0. The Hall–Kier alpha value is -0.810. The molecular formula is C12H15Cl2NO3. The van der Waals surface area contributed by atoms with Gasteiger partial charge in [-0.05, 0) is 18.2 Å². The normalized spacial score (nSPS) is 12.3. The standard InChI is InChI=1S/C12H15Cl2NO3/c1-15(6-11(16)7-18-2)12(17)8-3-9(13)5-10(14)4-8/h3-5,11,16H,6-7H2,1-2H3. The van der Waals surface area contributed by atoms with Gasteiger partial charge in [-0.3, -0.25) is 4.79 Å². The number of ether oxygens (including phenoxy) is 1. The van der Waals surface area contributed by atoms with Crippen LogP contribution < -0.4 is 0 Å². The number of methoxy groups -OCH3 is 1. The largest absolute Gasteiger partial charge is 0.389 e. The summed E-state index contributed by atoms with van der Waals surface area (Å²) in [5.41, 5.74) is 0.389. The lowest BCUT2D eigenvalue weighted by molar-refractivity contribution is 0.0380. The quantitative estimate of drug-likeness (QED) is 0.904. The van der Waals surface area contributed by atoms with Gasteiger partial charge in [-0.1, -0.05) is 23.2 Å². The van der Waals surface area contributed by atoms with E-state index in [1.807, 2.05) is 0 Å². The Balaban J connectivity index is 2.74. The molecule has 0 aliphatic rings. The fraction of sp³-hybridized carbons (Fsp3) is 0.417. The number of nitrogens with zero attached hydrogens (tertiary/aromatic N) is 1. The zero-order chi connectivity index (χ0) is 13.7. The summed E-state index contributed by atoms with van der Waals surface area (Å²) in [6.45, 7) is 0.352. The molecule has 0 spiro atoms. The highest BCUT2D eigenvalue weighted by Crippen LogP contribution is 2.20. The molecule has 18 heavy (non-hydrogen) atoms. The van der Waals surface area contributed by atoms with Gasteiger partial charge in [-0.2, -0.15) is 0 Å². The second-order valence-corrected chi connectivity index (χ2v) is 4.83. The molecule has 0 aliphatic heterocycles. The predicted molar refractivity (Wildman–Crippen MR) is 71.3 cm³/mol. The molecular weight excluding hydrogens is 277 g/mol. The average molecular weight is 292 g/mol.